The van der Waals surface area contributed by atoms with Gasteiger partial charge >= 0.3 is 6.03 Å². The summed E-state index contributed by atoms with van der Waals surface area (Å²) < 4.78 is 0. The summed E-state index contributed by atoms with van der Waals surface area (Å²) in [6.07, 6.45) is 8.40. The van der Waals surface area contributed by atoms with Crippen molar-refractivity contribution in [3.63, 3.8) is 0 Å². The van der Waals surface area contributed by atoms with Crippen LogP contribution in [-0.4, -0.2) is 29.9 Å². The summed E-state index contributed by atoms with van der Waals surface area (Å²) in [6, 6.07) is 6.60. The second-order valence-corrected chi connectivity index (χ2v) is 6.59. The van der Waals surface area contributed by atoms with Crippen molar-refractivity contribution in [2.45, 2.75) is 38.5 Å². The van der Waals surface area contributed by atoms with Crippen molar-refractivity contribution in [2.75, 3.05) is 18.4 Å². The number of hydrogen-bond donors (Lipinski definition) is 2. The molecule has 5 nitrogen and oxygen atoms in total. The van der Waals surface area contributed by atoms with Crippen molar-refractivity contribution in [1.29, 1.82) is 0 Å². The highest BCUT2D eigenvalue weighted by molar-refractivity contribution is 6.33. The number of nitrogens with one attached hydrogen (secondary N) is 1. The quantitative estimate of drug-likeness (QED) is 0.784. The Bertz CT molecular complexity index is 559. The molecule has 0 aromatic heterocycles. The van der Waals surface area contributed by atoms with Gasteiger partial charge in [-0.15, -0.1) is 0 Å². The first-order valence-corrected chi connectivity index (χ1v) is 8.88. The number of hydrogen-bond acceptors (Lipinski definition) is 3. The van der Waals surface area contributed by atoms with Crippen molar-refractivity contribution in [3.8, 4) is 0 Å². The number of halogens is 1. The highest BCUT2D eigenvalue weighted by Crippen LogP contribution is 2.27. The van der Waals surface area contributed by atoms with Gasteiger partial charge in [0, 0.05) is 13.1 Å². The first kappa shape index (κ1) is 18.6. The van der Waals surface area contributed by atoms with Crippen molar-refractivity contribution in [2.24, 2.45) is 11.7 Å². The fraction of sp³-hybridized carbons (Fsp3) is 0.500. The molecule has 0 heterocycles. The zero-order valence-electron chi connectivity index (χ0n) is 13.8. The maximum Gasteiger partial charge on any atom is 0.321 e. The molecule has 6 heteroatoms. The van der Waals surface area contributed by atoms with E-state index in [9.17, 15) is 9.59 Å². The van der Waals surface area contributed by atoms with Crippen LogP contribution in [0.3, 0.4) is 0 Å². The summed E-state index contributed by atoms with van der Waals surface area (Å²) in [4.78, 5) is 24.9. The van der Waals surface area contributed by atoms with E-state index in [2.05, 4.69) is 5.32 Å². The summed E-state index contributed by atoms with van der Waals surface area (Å²) in [5.74, 6) is 0.243. The zero-order chi connectivity index (χ0) is 17.4. The number of carbonyl (C=O) groups is 2. The van der Waals surface area contributed by atoms with E-state index in [1.165, 1.54) is 19.3 Å². The Hall–Kier alpha value is -1.75. The maximum absolute atomic E-state index is 12.3. The van der Waals surface area contributed by atoms with Crippen molar-refractivity contribution >= 4 is 29.2 Å². The lowest BCUT2D eigenvalue weighted by molar-refractivity contribution is -0.124. The van der Waals surface area contributed by atoms with Gasteiger partial charge in [-0.1, -0.05) is 55.8 Å². The molecular formula is C18H25ClN3O2. The van der Waals surface area contributed by atoms with E-state index in [-0.39, 0.29) is 12.5 Å². The third-order valence-electron chi connectivity index (χ3n) is 4.41. The Morgan fingerprint density at radius 1 is 1.25 bits per heavy atom. The molecule has 1 saturated carbocycles. The number of urea groups is 1. The van der Waals surface area contributed by atoms with Gasteiger partial charge in [-0.3, -0.25) is 9.69 Å². The largest absolute Gasteiger partial charge is 0.382 e. The van der Waals surface area contributed by atoms with Gasteiger partial charge in [-0.25, -0.2) is 4.79 Å². The molecule has 0 atom stereocenters. The van der Waals surface area contributed by atoms with Crippen LogP contribution in [0.15, 0.2) is 24.3 Å². The first-order valence-electron chi connectivity index (χ1n) is 8.50. The molecule has 0 saturated heterocycles. The molecule has 1 aromatic rings. The van der Waals surface area contributed by atoms with Crippen molar-refractivity contribution in [3.05, 3.63) is 35.7 Å². The van der Waals surface area contributed by atoms with Crippen molar-refractivity contribution < 1.29 is 9.59 Å². The number of benzene rings is 1. The maximum atomic E-state index is 12.3. The van der Waals surface area contributed by atoms with Crippen LogP contribution in [0.2, 0.25) is 5.02 Å². The van der Waals surface area contributed by atoms with Gasteiger partial charge in [-0.05, 0) is 24.5 Å². The van der Waals surface area contributed by atoms with Crippen molar-refractivity contribution in [1.82, 2.24) is 4.90 Å². The number of para-hydroxylation sites is 1. The third kappa shape index (κ3) is 5.71. The number of primary amides is 1. The monoisotopic (exact) mass is 350 g/mol. The van der Waals surface area contributed by atoms with Crippen LogP contribution >= 0.6 is 11.6 Å². The first-order chi connectivity index (χ1) is 11.6. The van der Waals surface area contributed by atoms with Crippen LogP contribution in [-0.2, 0) is 4.79 Å². The van der Waals surface area contributed by atoms with Crippen LogP contribution in [0, 0.1) is 12.3 Å². The highest BCUT2D eigenvalue weighted by atomic mass is 35.5. The van der Waals surface area contributed by atoms with Crippen LogP contribution in [0.25, 0.3) is 0 Å². The number of nitrogens with two attached hydrogens (primary N) is 1. The van der Waals surface area contributed by atoms with Gasteiger partial charge in [0.1, 0.15) is 0 Å². The molecule has 3 N–H and O–H groups in total. The Balaban J connectivity index is 1.78. The number of amides is 3. The fourth-order valence-corrected chi connectivity index (χ4v) is 3.24. The summed E-state index contributed by atoms with van der Waals surface area (Å²) in [6.45, 7) is 0.607. The minimum absolute atomic E-state index is 0.209. The molecule has 1 aromatic carbocycles. The van der Waals surface area contributed by atoms with Gasteiger partial charge in [0.2, 0.25) is 5.91 Å². The molecule has 1 aliphatic carbocycles. The normalized spacial score (nSPS) is 15.0. The number of imide groups is 1. The molecule has 131 valence electrons. The molecule has 0 spiro atoms. The van der Waals surface area contributed by atoms with E-state index in [1.807, 2.05) is 18.2 Å². The average molecular weight is 351 g/mol. The number of rotatable bonds is 7. The Labute approximate surface area is 148 Å². The molecule has 3 amide bonds. The van der Waals surface area contributed by atoms with Gasteiger partial charge < -0.3 is 11.1 Å². The van der Waals surface area contributed by atoms with E-state index < -0.39 is 6.03 Å². The predicted octanol–water partition coefficient (Wildman–Crippen LogP) is 3.83. The number of anilines is 1. The Morgan fingerprint density at radius 2 is 1.96 bits per heavy atom. The SMILES string of the molecule is NC(=O)N(CCNc1ccccc1Cl)C(=O)[CH]CC1CCCCC1. The molecule has 1 radical (unpaired) electrons. The van der Waals surface area contributed by atoms with E-state index in [1.54, 1.807) is 12.5 Å². The fourth-order valence-electron chi connectivity index (χ4n) is 3.04. The van der Waals surface area contributed by atoms with Gasteiger partial charge in [0.05, 0.1) is 17.1 Å². The van der Waals surface area contributed by atoms with Gasteiger partial charge in [-0.2, -0.15) is 0 Å². The van der Waals surface area contributed by atoms with Crippen LogP contribution in [0.4, 0.5) is 10.5 Å². The van der Waals surface area contributed by atoms with E-state index in [0.29, 0.717) is 17.5 Å². The molecule has 0 aliphatic heterocycles. The lowest BCUT2D eigenvalue weighted by Gasteiger charge is -2.23. The van der Waals surface area contributed by atoms with E-state index >= 15 is 0 Å². The summed E-state index contributed by atoms with van der Waals surface area (Å²) >= 11 is 6.06. The molecular weight excluding hydrogens is 326 g/mol. The number of carbonyl (C=O) groups excluding carboxylic acids is 2. The minimum Gasteiger partial charge on any atom is -0.382 e. The van der Waals surface area contributed by atoms with Crippen LogP contribution < -0.4 is 11.1 Å². The van der Waals surface area contributed by atoms with Gasteiger partial charge in [0.25, 0.3) is 0 Å². The molecule has 24 heavy (non-hydrogen) atoms. The highest BCUT2D eigenvalue weighted by Gasteiger charge is 2.21. The Morgan fingerprint density at radius 3 is 2.62 bits per heavy atom. The molecule has 0 bridgehead atoms. The topological polar surface area (TPSA) is 75.4 Å². The predicted molar refractivity (Wildman–Crippen MR) is 96.7 cm³/mol. The van der Waals surface area contributed by atoms with Crippen LogP contribution in [0.5, 0.6) is 0 Å². The van der Waals surface area contributed by atoms with Gasteiger partial charge in [0.15, 0.2) is 0 Å². The molecule has 1 aliphatic rings. The standard InChI is InChI=1S/C18H25ClN3O2/c19-15-8-4-5-9-16(15)21-12-13-22(18(20)24)17(23)11-10-14-6-2-1-3-7-14/h4-5,8-9,11,14,21H,1-3,6-7,10,12-13H2,(H2,20,24). The second-order valence-electron chi connectivity index (χ2n) is 6.18. The smallest absolute Gasteiger partial charge is 0.321 e. The summed E-state index contributed by atoms with van der Waals surface area (Å²) in [7, 11) is 0. The Kier molecular flexibility index (Phi) is 7.37. The lowest BCUT2D eigenvalue weighted by Crippen LogP contribution is -2.43. The van der Waals surface area contributed by atoms with E-state index in [4.69, 9.17) is 17.3 Å². The lowest BCUT2D eigenvalue weighted by atomic mass is 9.86. The third-order valence-corrected chi connectivity index (χ3v) is 4.74. The molecule has 0 unspecified atom stereocenters. The summed E-state index contributed by atoms with van der Waals surface area (Å²) in [5.41, 5.74) is 6.11. The zero-order valence-corrected chi connectivity index (χ0v) is 14.6. The summed E-state index contributed by atoms with van der Waals surface area (Å²) in [5, 5.41) is 3.71. The van der Waals surface area contributed by atoms with E-state index in [0.717, 1.165) is 29.8 Å². The minimum atomic E-state index is -0.721. The molecule has 2 rings (SSSR count). The average Bonchev–Trinajstić information content (AvgIpc) is 2.58. The van der Waals surface area contributed by atoms with Crippen LogP contribution in [0.1, 0.15) is 38.5 Å². The molecule has 1 fully saturated rings. The number of nitrogens with zero attached hydrogens (tertiary/aromatic N) is 1. The second kappa shape index (κ2) is 9.52.